The molecule has 3 aromatic carbocycles. The molecule has 0 aliphatic carbocycles. The van der Waals surface area contributed by atoms with E-state index >= 15 is 0 Å². The number of nitrogens with zero attached hydrogens (tertiary/aromatic N) is 1. The molecule has 37 heavy (non-hydrogen) atoms. The van der Waals surface area contributed by atoms with Crippen LogP contribution in [0.4, 0.5) is 0 Å². The molecule has 0 bridgehead atoms. The lowest BCUT2D eigenvalue weighted by molar-refractivity contribution is -0.132. The van der Waals surface area contributed by atoms with Crippen LogP contribution in [-0.4, -0.2) is 35.7 Å². The van der Waals surface area contributed by atoms with Crippen LogP contribution in [0.2, 0.25) is 20.1 Å². The van der Waals surface area contributed by atoms with Crippen LogP contribution in [0.3, 0.4) is 0 Å². The Morgan fingerprint density at radius 2 is 1.30 bits per heavy atom. The van der Waals surface area contributed by atoms with Crippen molar-refractivity contribution in [3.8, 4) is 0 Å². The largest absolute Gasteiger partial charge is 0.332 e. The highest BCUT2D eigenvalue weighted by atomic mass is 35.5. The summed E-state index contributed by atoms with van der Waals surface area (Å²) < 4.78 is 0. The Morgan fingerprint density at radius 3 is 1.76 bits per heavy atom. The quantitative estimate of drug-likeness (QED) is 0.318. The van der Waals surface area contributed by atoms with Gasteiger partial charge in [-0.05, 0) is 59.5 Å². The number of halogens is 5. The molecule has 9 heteroatoms. The van der Waals surface area contributed by atoms with Gasteiger partial charge in [0.1, 0.15) is 0 Å². The summed E-state index contributed by atoms with van der Waals surface area (Å²) in [5, 5.41) is 1.58. The number of benzene rings is 3. The number of likely N-dealkylation sites (tertiary alicyclic amines) is 1. The number of carbonyl (C=O) groups is 2. The molecular weight excluding hydrogens is 574 g/mol. The van der Waals surface area contributed by atoms with Crippen molar-refractivity contribution in [1.29, 1.82) is 0 Å². The van der Waals surface area contributed by atoms with Crippen molar-refractivity contribution >= 4 is 82.7 Å². The SMILES string of the molecule is Cl.N[C@@H](Cc1ccccc1)C(=O)N1C/C(=C\c2ccc(Cl)c(Cl)c2)C(=O)/C(=C/c2ccc(Cl)c(Cl)c2)C1. The molecule has 0 saturated carbocycles. The molecule has 2 N–H and O–H groups in total. The van der Waals surface area contributed by atoms with E-state index in [1.54, 1.807) is 53.5 Å². The highest BCUT2D eigenvalue weighted by Gasteiger charge is 2.31. The van der Waals surface area contributed by atoms with Gasteiger partial charge in [0.15, 0.2) is 5.78 Å². The average molecular weight is 597 g/mol. The van der Waals surface area contributed by atoms with Crippen molar-refractivity contribution in [3.05, 3.63) is 115 Å². The van der Waals surface area contributed by atoms with E-state index in [-0.39, 0.29) is 37.2 Å². The van der Waals surface area contributed by atoms with Crippen molar-refractivity contribution in [2.75, 3.05) is 13.1 Å². The first kappa shape index (κ1) is 29.2. The van der Waals surface area contributed by atoms with Crippen LogP contribution < -0.4 is 5.73 Å². The summed E-state index contributed by atoms with van der Waals surface area (Å²) in [6.07, 6.45) is 3.83. The number of amides is 1. The molecule has 1 saturated heterocycles. The van der Waals surface area contributed by atoms with Crippen molar-refractivity contribution < 1.29 is 9.59 Å². The zero-order chi connectivity index (χ0) is 25.8. The van der Waals surface area contributed by atoms with E-state index in [1.165, 1.54) is 0 Å². The van der Waals surface area contributed by atoms with Crippen LogP contribution >= 0.6 is 58.8 Å². The molecule has 0 spiro atoms. The topological polar surface area (TPSA) is 63.4 Å². The minimum atomic E-state index is -0.752. The number of carbonyl (C=O) groups excluding carboxylic acids is 2. The summed E-state index contributed by atoms with van der Waals surface area (Å²) in [6, 6.07) is 19.0. The van der Waals surface area contributed by atoms with Crippen molar-refractivity contribution in [2.24, 2.45) is 5.73 Å². The van der Waals surface area contributed by atoms with E-state index in [2.05, 4.69) is 0 Å². The van der Waals surface area contributed by atoms with Gasteiger partial charge in [-0.3, -0.25) is 9.59 Å². The van der Waals surface area contributed by atoms with E-state index in [9.17, 15) is 9.59 Å². The highest BCUT2D eigenvalue weighted by Crippen LogP contribution is 2.28. The zero-order valence-electron chi connectivity index (χ0n) is 19.5. The summed E-state index contributed by atoms with van der Waals surface area (Å²) in [4.78, 5) is 28.4. The van der Waals surface area contributed by atoms with Crippen LogP contribution in [0, 0.1) is 0 Å². The Kier molecular flexibility index (Phi) is 10.3. The second-order valence-corrected chi connectivity index (χ2v) is 10.1. The Bertz CT molecular complexity index is 1300. The highest BCUT2D eigenvalue weighted by molar-refractivity contribution is 6.42. The molecule has 192 valence electrons. The smallest absolute Gasteiger partial charge is 0.240 e. The second kappa shape index (κ2) is 13.0. The summed E-state index contributed by atoms with van der Waals surface area (Å²) in [7, 11) is 0. The lowest BCUT2D eigenvalue weighted by Crippen LogP contribution is -2.49. The van der Waals surface area contributed by atoms with Crippen molar-refractivity contribution in [3.63, 3.8) is 0 Å². The van der Waals surface area contributed by atoms with Crippen molar-refractivity contribution in [1.82, 2.24) is 4.90 Å². The molecule has 4 rings (SSSR count). The minimum absolute atomic E-state index is 0. The van der Waals surface area contributed by atoms with Gasteiger partial charge < -0.3 is 10.6 Å². The molecular formula is C28H23Cl5N2O2. The maximum Gasteiger partial charge on any atom is 0.240 e. The normalized spacial score (nSPS) is 16.6. The summed E-state index contributed by atoms with van der Waals surface area (Å²) in [5.41, 5.74) is 9.54. The molecule has 4 nitrogen and oxygen atoms in total. The van der Waals surface area contributed by atoms with E-state index in [0.717, 1.165) is 5.56 Å². The maximum absolute atomic E-state index is 13.4. The van der Waals surface area contributed by atoms with E-state index < -0.39 is 6.04 Å². The Labute approximate surface area is 242 Å². The summed E-state index contributed by atoms with van der Waals surface area (Å²) >= 11 is 24.4. The first-order chi connectivity index (χ1) is 17.2. The van der Waals surface area contributed by atoms with E-state index in [1.807, 2.05) is 30.3 Å². The van der Waals surface area contributed by atoms with Gasteiger partial charge in [0.25, 0.3) is 0 Å². The molecule has 1 amide bonds. The lowest BCUT2D eigenvalue weighted by atomic mass is 9.93. The van der Waals surface area contributed by atoms with Crippen molar-refractivity contribution in [2.45, 2.75) is 12.5 Å². The first-order valence-corrected chi connectivity index (χ1v) is 12.7. The predicted molar refractivity (Wildman–Crippen MR) is 156 cm³/mol. The standard InChI is InChI=1S/C28H22Cl4N2O2.ClH/c29-22-8-6-18(12-24(22)31)10-20-15-34(28(36)26(33)14-17-4-2-1-3-5-17)16-21(27(20)35)11-19-7-9-23(30)25(32)13-19;/h1-13,26H,14-16,33H2;1H/b20-10+,21-11+;/t26-;/m0./s1. The number of nitrogens with two attached hydrogens (primary N) is 1. The molecule has 0 aromatic heterocycles. The molecule has 1 aliphatic rings. The third-order valence-electron chi connectivity index (χ3n) is 5.80. The van der Waals surface area contributed by atoms with Gasteiger partial charge in [0.2, 0.25) is 5.91 Å². The molecule has 1 heterocycles. The van der Waals surface area contributed by atoms with E-state index in [0.29, 0.717) is 48.8 Å². The maximum atomic E-state index is 13.4. The van der Waals surface area contributed by atoms with E-state index in [4.69, 9.17) is 52.1 Å². The molecule has 1 atom stereocenters. The van der Waals surface area contributed by atoms with Gasteiger partial charge in [-0.25, -0.2) is 0 Å². The van der Waals surface area contributed by atoms with Crippen LogP contribution in [0.1, 0.15) is 16.7 Å². The fourth-order valence-corrected chi connectivity index (χ4v) is 4.60. The third-order valence-corrected chi connectivity index (χ3v) is 7.28. The average Bonchev–Trinajstić information content (AvgIpc) is 2.86. The van der Waals surface area contributed by atoms with Gasteiger partial charge in [-0.1, -0.05) is 88.9 Å². The van der Waals surface area contributed by atoms with Gasteiger partial charge in [-0.15, -0.1) is 12.4 Å². The number of ketones is 1. The number of piperidine rings is 1. The van der Waals surface area contributed by atoms with Crippen LogP contribution in [0.25, 0.3) is 12.2 Å². The first-order valence-electron chi connectivity index (χ1n) is 11.2. The summed E-state index contributed by atoms with van der Waals surface area (Å²) in [5.74, 6) is -0.417. The van der Waals surface area contributed by atoms with Crippen LogP contribution in [0.15, 0.2) is 77.9 Å². The predicted octanol–water partition coefficient (Wildman–Crippen LogP) is 7.17. The zero-order valence-corrected chi connectivity index (χ0v) is 23.3. The molecule has 1 fully saturated rings. The number of hydrogen-bond acceptors (Lipinski definition) is 3. The number of Topliss-reactive ketones (excluding diaryl/α,β-unsaturated/α-hetero) is 1. The summed E-state index contributed by atoms with van der Waals surface area (Å²) in [6.45, 7) is 0.248. The van der Waals surface area contributed by atoms with Gasteiger partial charge in [-0.2, -0.15) is 0 Å². The Hall–Kier alpha value is -2.31. The number of rotatable bonds is 5. The fourth-order valence-electron chi connectivity index (χ4n) is 3.99. The second-order valence-electron chi connectivity index (χ2n) is 8.51. The fraction of sp³-hybridized carbons (Fsp3) is 0.143. The van der Waals surface area contributed by atoms with Crippen LogP contribution in [-0.2, 0) is 16.0 Å². The van der Waals surface area contributed by atoms with Gasteiger partial charge in [0, 0.05) is 24.2 Å². The molecule has 0 radical (unpaired) electrons. The van der Waals surface area contributed by atoms with Gasteiger partial charge >= 0.3 is 0 Å². The Morgan fingerprint density at radius 1 is 0.811 bits per heavy atom. The monoisotopic (exact) mass is 594 g/mol. The van der Waals surface area contributed by atoms with Crippen LogP contribution in [0.5, 0.6) is 0 Å². The van der Waals surface area contributed by atoms with Gasteiger partial charge in [0.05, 0.1) is 26.1 Å². The molecule has 0 unspecified atom stereocenters. The number of hydrogen-bond donors (Lipinski definition) is 1. The Balaban J connectivity index is 0.00000380. The lowest BCUT2D eigenvalue weighted by Gasteiger charge is -2.32. The molecule has 1 aliphatic heterocycles. The third kappa shape index (κ3) is 7.38. The minimum Gasteiger partial charge on any atom is -0.332 e. The molecule has 3 aromatic rings.